The van der Waals surface area contributed by atoms with E-state index in [0.29, 0.717) is 28.0 Å². The highest BCUT2D eigenvalue weighted by atomic mass is 35.5. The molecule has 0 bridgehead atoms. The maximum absolute atomic E-state index is 12.3. The van der Waals surface area contributed by atoms with Crippen LogP contribution in [0, 0.1) is 0 Å². The van der Waals surface area contributed by atoms with E-state index in [9.17, 15) is 14.7 Å². The number of rotatable bonds is 3. The van der Waals surface area contributed by atoms with Crippen molar-refractivity contribution in [1.82, 2.24) is 9.97 Å². The largest absolute Gasteiger partial charge is 0.505 e. The molecule has 0 saturated carbocycles. The minimum Gasteiger partial charge on any atom is -0.505 e. The van der Waals surface area contributed by atoms with Gasteiger partial charge in [0.25, 0.3) is 5.56 Å². The van der Waals surface area contributed by atoms with Gasteiger partial charge in [-0.15, -0.1) is 0 Å². The van der Waals surface area contributed by atoms with Crippen molar-refractivity contribution in [3.63, 3.8) is 0 Å². The van der Waals surface area contributed by atoms with E-state index >= 15 is 0 Å². The average molecular weight is 316 g/mol. The van der Waals surface area contributed by atoms with Gasteiger partial charge in [0.15, 0.2) is 11.4 Å². The Balaban J connectivity index is 2.28. The number of amides is 1. The van der Waals surface area contributed by atoms with E-state index in [2.05, 4.69) is 9.97 Å². The molecule has 0 aliphatic carbocycles. The van der Waals surface area contributed by atoms with Gasteiger partial charge in [0.05, 0.1) is 11.2 Å². The van der Waals surface area contributed by atoms with E-state index in [4.69, 9.17) is 11.6 Å². The molecule has 0 aliphatic heterocycles. The predicted molar refractivity (Wildman–Crippen MR) is 83.7 cm³/mol. The lowest BCUT2D eigenvalue weighted by molar-refractivity contribution is -0.106. The van der Waals surface area contributed by atoms with E-state index in [1.165, 1.54) is 18.5 Å². The predicted octanol–water partition coefficient (Wildman–Crippen LogP) is 2.58. The summed E-state index contributed by atoms with van der Waals surface area (Å²) >= 11 is 5.87. The van der Waals surface area contributed by atoms with Crippen LogP contribution in [-0.4, -0.2) is 21.5 Å². The number of carbonyl (C=O) groups excluding carboxylic acids is 1. The monoisotopic (exact) mass is 315 g/mol. The van der Waals surface area contributed by atoms with Crippen molar-refractivity contribution in [3.05, 3.63) is 58.1 Å². The smallest absolute Gasteiger partial charge is 0.276 e. The zero-order chi connectivity index (χ0) is 15.7. The number of H-pyrrole nitrogens is 1. The zero-order valence-electron chi connectivity index (χ0n) is 11.2. The van der Waals surface area contributed by atoms with Crippen molar-refractivity contribution in [2.45, 2.75) is 0 Å². The fourth-order valence-corrected chi connectivity index (χ4v) is 2.39. The molecule has 22 heavy (non-hydrogen) atoms. The summed E-state index contributed by atoms with van der Waals surface area (Å²) in [6.45, 7) is 0. The van der Waals surface area contributed by atoms with Crippen LogP contribution in [0.4, 0.5) is 11.4 Å². The topological polar surface area (TPSA) is 86.3 Å². The first-order valence-corrected chi connectivity index (χ1v) is 6.68. The number of halogens is 1. The molecule has 2 aromatic heterocycles. The summed E-state index contributed by atoms with van der Waals surface area (Å²) in [7, 11) is 0. The number of nitrogens with zero attached hydrogens (tertiary/aromatic N) is 2. The molecular formula is C15H10ClN3O3. The molecule has 0 spiro atoms. The summed E-state index contributed by atoms with van der Waals surface area (Å²) in [5, 5.41) is 11.2. The number of carbonyl (C=O) groups is 1. The van der Waals surface area contributed by atoms with Crippen molar-refractivity contribution in [2.75, 3.05) is 4.90 Å². The van der Waals surface area contributed by atoms with Crippen molar-refractivity contribution >= 4 is 40.3 Å². The molecule has 6 nitrogen and oxygen atoms in total. The Hall–Kier alpha value is -2.86. The van der Waals surface area contributed by atoms with Gasteiger partial charge in [-0.05, 0) is 30.3 Å². The first-order valence-electron chi connectivity index (χ1n) is 6.31. The highest BCUT2D eigenvalue weighted by Gasteiger charge is 2.19. The van der Waals surface area contributed by atoms with Crippen molar-refractivity contribution in [3.8, 4) is 5.75 Å². The summed E-state index contributed by atoms with van der Waals surface area (Å²) in [6, 6.07) is 7.80. The van der Waals surface area contributed by atoms with Crippen LogP contribution in [-0.2, 0) is 4.79 Å². The second-order valence-electron chi connectivity index (χ2n) is 4.52. The third kappa shape index (κ3) is 2.29. The third-order valence-corrected chi connectivity index (χ3v) is 3.45. The molecule has 0 radical (unpaired) electrons. The molecule has 1 amide bonds. The summed E-state index contributed by atoms with van der Waals surface area (Å²) in [6.07, 6.45) is 3.43. The second-order valence-corrected chi connectivity index (χ2v) is 4.96. The summed E-state index contributed by atoms with van der Waals surface area (Å²) < 4.78 is 0. The molecule has 0 aliphatic rings. The molecule has 0 unspecified atom stereocenters. The second kappa shape index (κ2) is 5.50. The number of anilines is 2. The number of hydrogen-bond donors (Lipinski definition) is 2. The number of pyridine rings is 2. The highest BCUT2D eigenvalue weighted by Crippen LogP contribution is 2.34. The van der Waals surface area contributed by atoms with Crippen molar-refractivity contribution in [1.29, 1.82) is 0 Å². The van der Waals surface area contributed by atoms with Gasteiger partial charge in [0.1, 0.15) is 0 Å². The Bertz CT molecular complexity index is 909. The third-order valence-electron chi connectivity index (χ3n) is 3.21. The van der Waals surface area contributed by atoms with E-state index in [0.717, 1.165) is 4.90 Å². The number of nitrogens with one attached hydrogen (secondary N) is 1. The van der Waals surface area contributed by atoms with E-state index in [1.807, 2.05) is 0 Å². The lowest BCUT2D eigenvalue weighted by atomic mass is 10.1. The number of aromatic amines is 1. The molecule has 3 aromatic rings. The van der Waals surface area contributed by atoms with Gasteiger partial charge < -0.3 is 10.1 Å². The summed E-state index contributed by atoms with van der Waals surface area (Å²) in [5.41, 5.74) is 0.0469. The average Bonchev–Trinajstić information content (AvgIpc) is 2.52. The number of hydrogen-bond acceptors (Lipinski definition) is 4. The number of aromatic hydroxyl groups is 1. The molecule has 3 rings (SSSR count). The molecule has 0 saturated heterocycles. The van der Waals surface area contributed by atoms with Crippen LogP contribution in [0.15, 0.2) is 47.5 Å². The first kappa shape index (κ1) is 14.1. The van der Waals surface area contributed by atoms with Crippen LogP contribution in [0.3, 0.4) is 0 Å². The van der Waals surface area contributed by atoms with Crippen molar-refractivity contribution in [2.24, 2.45) is 0 Å². The van der Waals surface area contributed by atoms with Crippen molar-refractivity contribution < 1.29 is 9.90 Å². The van der Waals surface area contributed by atoms with Gasteiger partial charge in [-0.25, -0.2) is 0 Å². The van der Waals surface area contributed by atoms with Crippen LogP contribution in [0.1, 0.15) is 0 Å². The van der Waals surface area contributed by atoms with E-state index < -0.39 is 5.56 Å². The number of aromatic nitrogens is 2. The first-order chi connectivity index (χ1) is 10.6. The minimum absolute atomic E-state index is 0.156. The van der Waals surface area contributed by atoms with E-state index in [-0.39, 0.29) is 11.4 Å². The molecule has 1 aromatic carbocycles. The Labute approximate surface area is 129 Å². The molecule has 7 heteroatoms. The van der Waals surface area contributed by atoms with E-state index in [1.54, 1.807) is 24.3 Å². The lowest BCUT2D eigenvalue weighted by Crippen LogP contribution is -2.23. The highest BCUT2D eigenvalue weighted by molar-refractivity contribution is 6.31. The molecule has 2 heterocycles. The Morgan fingerprint density at radius 3 is 2.64 bits per heavy atom. The molecule has 0 fully saturated rings. The molecule has 2 N–H and O–H groups in total. The van der Waals surface area contributed by atoms with Gasteiger partial charge in [0.2, 0.25) is 6.41 Å². The molecular weight excluding hydrogens is 306 g/mol. The van der Waals surface area contributed by atoms with Gasteiger partial charge in [0, 0.05) is 22.8 Å². The van der Waals surface area contributed by atoms with Crippen LogP contribution in [0.25, 0.3) is 10.9 Å². The van der Waals surface area contributed by atoms with Crippen LogP contribution < -0.4 is 10.5 Å². The Morgan fingerprint density at radius 1 is 1.23 bits per heavy atom. The number of benzene rings is 1. The maximum Gasteiger partial charge on any atom is 0.276 e. The fraction of sp³-hybridized carbons (Fsp3) is 0. The zero-order valence-corrected chi connectivity index (χ0v) is 11.9. The fourth-order valence-electron chi connectivity index (χ4n) is 2.21. The van der Waals surface area contributed by atoms with Gasteiger partial charge in [-0.3, -0.25) is 19.5 Å². The SMILES string of the molecule is O=CN(c1ccncc1)c1c(O)c2ccc(Cl)cc2[nH]c1=O. The number of fused-ring (bicyclic) bond motifs is 1. The Kier molecular flexibility index (Phi) is 3.52. The maximum atomic E-state index is 12.3. The standard InChI is InChI=1S/C15H10ClN3O3/c16-9-1-2-11-12(7-9)18-15(22)13(14(11)21)19(8-20)10-3-5-17-6-4-10/h1-8H,(H2,18,21,22). The normalized spacial score (nSPS) is 10.6. The van der Waals surface area contributed by atoms with Crippen LogP contribution >= 0.6 is 11.6 Å². The summed E-state index contributed by atoms with van der Waals surface area (Å²) in [5.74, 6) is -0.292. The summed E-state index contributed by atoms with van der Waals surface area (Å²) in [4.78, 5) is 31.2. The lowest BCUT2D eigenvalue weighted by Gasteiger charge is -2.18. The molecule has 110 valence electrons. The molecule has 0 atom stereocenters. The van der Waals surface area contributed by atoms with Crippen LogP contribution in [0.2, 0.25) is 5.02 Å². The van der Waals surface area contributed by atoms with Crippen LogP contribution in [0.5, 0.6) is 5.75 Å². The Morgan fingerprint density at radius 2 is 1.95 bits per heavy atom. The minimum atomic E-state index is -0.601. The van der Waals surface area contributed by atoms with Gasteiger partial charge in [-0.1, -0.05) is 11.6 Å². The van der Waals surface area contributed by atoms with Gasteiger partial charge in [-0.2, -0.15) is 0 Å². The quantitative estimate of drug-likeness (QED) is 0.727. The van der Waals surface area contributed by atoms with Gasteiger partial charge >= 0.3 is 0 Å².